The molecule has 0 bridgehead atoms. The van der Waals surface area contributed by atoms with Crippen LogP contribution < -0.4 is 0 Å². The van der Waals surface area contributed by atoms with Crippen LogP contribution in [-0.4, -0.2) is 37.6 Å². The Labute approximate surface area is 82.0 Å². The molecule has 0 unspecified atom stereocenters. The van der Waals surface area contributed by atoms with Gasteiger partial charge >= 0.3 is 0 Å². The lowest BCUT2D eigenvalue weighted by molar-refractivity contribution is 0.696. The molecule has 0 aromatic rings. The van der Waals surface area contributed by atoms with Crippen LogP contribution in [0.2, 0.25) is 0 Å². The van der Waals surface area contributed by atoms with Crippen molar-refractivity contribution >= 4 is 43.1 Å². The van der Waals surface area contributed by atoms with Gasteiger partial charge in [0.05, 0.1) is 13.1 Å². The first-order chi connectivity index (χ1) is 5.88. The molecule has 12 heavy (non-hydrogen) atoms. The van der Waals surface area contributed by atoms with Gasteiger partial charge in [0, 0.05) is 11.5 Å². The zero-order valence-electron chi connectivity index (χ0n) is 6.36. The molecule has 0 saturated heterocycles. The van der Waals surface area contributed by atoms with E-state index in [2.05, 4.69) is 9.98 Å². The van der Waals surface area contributed by atoms with E-state index in [1.54, 1.807) is 23.5 Å². The molecule has 3 nitrogen and oxygen atoms in total. The Morgan fingerprint density at radius 1 is 1.08 bits per heavy atom. The largest absolute Gasteiger partial charge is 0.268 e. The van der Waals surface area contributed by atoms with Gasteiger partial charge < -0.3 is 0 Å². The third-order valence-electron chi connectivity index (χ3n) is 1.43. The molecule has 66 valence electrons. The first-order valence-electron chi connectivity index (χ1n) is 3.64. The average Bonchev–Trinajstić information content (AvgIpc) is 2.77. The molecule has 0 fully saturated rings. The Kier molecular flexibility index (Phi) is 2.87. The normalized spacial score (nSPS) is 23.1. The van der Waals surface area contributed by atoms with Crippen molar-refractivity contribution in [1.29, 1.82) is 0 Å². The summed E-state index contributed by atoms with van der Waals surface area (Å²) in [6.07, 6.45) is 0. The number of thioether (sulfide) groups is 2. The van der Waals surface area contributed by atoms with E-state index in [9.17, 15) is 4.21 Å². The molecule has 0 aliphatic carbocycles. The first kappa shape index (κ1) is 8.77. The third kappa shape index (κ3) is 1.75. The quantitative estimate of drug-likeness (QED) is 0.610. The van der Waals surface area contributed by atoms with E-state index < -0.39 is 10.8 Å². The lowest BCUT2D eigenvalue weighted by Gasteiger charge is -1.97. The molecular formula is C6H8N2OS3. The number of hydrogen-bond acceptors (Lipinski definition) is 5. The summed E-state index contributed by atoms with van der Waals surface area (Å²) < 4.78 is 13.2. The van der Waals surface area contributed by atoms with Crippen LogP contribution in [0.5, 0.6) is 0 Å². The van der Waals surface area contributed by atoms with E-state index in [0.29, 0.717) is 0 Å². The highest BCUT2D eigenvalue weighted by atomic mass is 32.3. The second kappa shape index (κ2) is 3.93. The van der Waals surface area contributed by atoms with Crippen molar-refractivity contribution in [2.24, 2.45) is 9.98 Å². The summed E-state index contributed by atoms with van der Waals surface area (Å²) in [5.74, 6) is 1.94. The fraction of sp³-hybridized carbons (Fsp3) is 0.667. The number of hydrogen-bond donors (Lipinski definition) is 0. The van der Waals surface area contributed by atoms with E-state index in [4.69, 9.17) is 0 Å². The molecule has 0 N–H and O–H groups in total. The SMILES string of the molecule is O=S(C1=NCCS1)C1=NCCS1. The lowest BCUT2D eigenvalue weighted by atomic mass is 10.8. The molecule has 0 saturated carbocycles. The van der Waals surface area contributed by atoms with Crippen LogP contribution in [0.25, 0.3) is 0 Å². The van der Waals surface area contributed by atoms with Gasteiger partial charge in [-0.1, -0.05) is 23.5 Å². The third-order valence-corrected chi connectivity index (χ3v) is 5.47. The second-order valence-electron chi connectivity index (χ2n) is 2.26. The summed E-state index contributed by atoms with van der Waals surface area (Å²) in [5.41, 5.74) is 0. The Bertz CT molecular complexity index is 248. The van der Waals surface area contributed by atoms with E-state index in [1.165, 1.54) is 0 Å². The van der Waals surface area contributed by atoms with E-state index in [-0.39, 0.29) is 0 Å². The summed E-state index contributed by atoms with van der Waals surface area (Å²) in [6, 6.07) is 0. The predicted molar refractivity (Wildman–Crippen MR) is 57.7 cm³/mol. The average molecular weight is 220 g/mol. The molecule has 0 radical (unpaired) electrons. The summed E-state index contributed by atoms with van der Waals surface area (Å²) in [4.78, 5) is 8.33. The molecule has 0 aromatic heterocycles. The highest BCUT2D eigenvalue weighted by Crippen LogP contribution is 2.22. The van der Waals surface area contributed by atoms with E-state index in [1.807, 2.05) is 0 Å². The molecule has 0 atom stereocenters. The zero-order valence-corrected chi connectivity index (χ0v) is 8.81. The fourth-order valence-corrected chi connectivity index (χ4v) is 4.56. The topological polar surface area (TPSA) is 41.8 Å². The summed E-state index contributed by atoms with van der Waals surface area (Å²) in [6.45, 7) is 1.62. The zero-order chi connectivity index (χ0) is 8.39. The minimum Gasteiger partial charge on any atom is -0.268 e. The van der Waals surface area contributed by atoms with Gasteiger partial charge in [-0.05, 0) is 0 Å². The Morgan fingerprint density at radius 3 is 1.92 bits per heavy atom. The summed E-state index contributed by atoms with van der Waals surface area (Å²) in [7, 11) is -1.04. The van der Waals surface area contributed by atoms with Gasteiger partial charge in [-0.25, -0.2) is 4.21 Å². The van der Waals surface area contributed by atoms with Crippen molar-refractivity contribution in [3.05, 3.63) is 0 Å². The van der Waals surface area contributed by atoms with Crippen LogP contribution in [0.4, 0.5) is 0 Å². The maximum absolute atomic E-state index is 11.7. The highest BCUT2D eigenvalue weighted by Gasteiger charge is 2.22. The fourth-order valence-electron chi connectivity index (χ4n) is 0.930. The standard InChI is InChI=1S/C6H8N2OS3/c9-12(5-7-1-3-10-5)6-8-2-4-11-6/h1-4H2. The van der Waals surface area contributed by atoms with Gasteiger partial charge in [0.15, 0.2) is 8.75 Å². The number of nitrogens with zero attached hydrogens (tertiary/aromatic N) is 2. The summed E-state index contributed by atoms with van der Waals surface area (Å²) in [5, 5.41) is 0. The molecule has 2 aliphatic rings. The van der Waals surface area contributed by atoms with Crippen LogP contribution in [-0.2, 0) is 10.8 Å². The maximum atomic E-state index is 11.7. The highest BCUT2D eigenvalue weighted by molar-refractivity contribution is 8.47. The van der Waals surface area contributed by atoms with Crippen molar-refractivity contribution in [1.82, 2.24) is 0 Å². The molecule has 6 heteroatoms. The van der Waals surface area contributed by atoms with Gasteiger partial charge in [-0.15, -0.1) is 0 Å². The van der Waals surface area contributed by atoms with E-state index >= 15 is 0 Å². The van der Waals surface area contributed by atoms with Gasteiger partial charge in [-0.2, -0.15) is 0 Å². The first-order valence-corrected chi connectivity index (χ1v) is 6.76. The molecule has 0 amide bonds. The number of rotatable bonds is 0. The number of aliphatic imine (C=N–C) groups is 2. The summed E-state index contributed by atoms with van der Waals surface area (Å²) >= 11 is 3.19. The lowest BCUT2D eigenvalue weighted by Crippen LogP contribution is -2.08. The molecule has 2 heterocycles. The minimum absolute atomic E-state index is 0.767. The van der Waals surface area contributed by atoms with Gasteiger partial charge in [0.1, 0.15) is 10.8 Å². The van der Waals surface area contributed by atoms with Gasteiger partial charge in [0.2, 0.25) is 0 Å². The van der Waals surface area contributed by atoms with E-state index in [0.717, 1.165) is 33.3 Å². The minimum atomic E-state index is -1.04. The second-order valence-corrected chi connectivity index (χ2v) is 6.26. The smallest absolute Gasteiger partial charge is 0.162 e. The van der Waals surface area contributed by atoms with Crippen molar-refractivity contribution in [3.63, 3.8) is 0 Å². The van der Waals surface area contributed by atoms with Crippen LogP contribution in [0.1, 0.15) is 0 Å². The molecule has 0 aromatic carbocycles. The predicted octanol–water partition coefficient (Wildman–Crippen LogP) is 0.941. The van der Waals surface area contributed by atoms with Crippen LogP contribution in [0.3, 0.4) is 0 Å². The van der Waals surface area contributed by atoms with Crippen LogP contribution in [0, 0.1) is 0 Å². The monoisotopic (exact) mass is 220 g/mol. The Morgan fingerprint density at radius 2 is 1.58 bits per heavy atom. The molecule has 2 aliphatic heterocycles. The molecule has 2 rings (SSSR count). The Balaban J connectivity index is 2.08. The molecular weight excluding hydrogens is 212 g/mol. The maximum Gasteiger partial charge on any atom is 0.162 e. The van der Waals surface area contributed by atoms with Gasteiger partial charge in [-0.3, -0.25) is 9.98 Å². The van der Waals surface area contributed by atoms with Crippen molar-refractivity contribution < 1.29 is 4.21 Å². The molecule has 0 spiro atoms. The van der Waals surface area contributed by atoms with Crippen molar-refractivity contribution in [2.75, 3.05) is 24.6 Å². The van der Waals surface area contributed by atoms with Crippen LogP contribution >= 0.6 is 23.5 Å². The van der Waals surface area contributed by atoms with Crippen molar-refractivity contribution in [2.45, 2.75) is 0 Å². The van der Waals surface area contributed by atoms with Crippen LogP contribution in [0.15, 0.2) is 9.98 Å². The van der Waals surface area contributed by atoms with Crippen molar-refractivity contribution in [3.8, 4) is 0 Å². The van der Waals surface area contributed by atoms with Gasteiger partial charge in [0.25, 0.3) is 0 Å². The Hall–Kier alpha value is 0.190.